The minimum absolute atomic E-state index is 0.591. The summed E-state index contributed by atoms with van der Waals surface area (Å²) in [5.41, 5.74) is 0. The molecular formula is C12H25N3OS. The summed E-state index contributed by atoms with van der Waals surface area (Å²) >= 11 is 5.40. The van der Waals surface area contributed by atoms with Crippen LogP contribution in [0.2, 0.25) is 0 Å². The normalized spacial score (nSPS) is 18.1. The molecule has 0 amide bonds. The van der Waals surface area contributed by atoms with Crippen LogP contribution in [0.3, 0.4) is 0 Å². The largest absolute Gasteiger partial charge is 0.385 e. The van der Waals surface area contributed by atoms with Crippen LogP contribution in [0.25, 0.3) is 0 Å². The molecule has 1 saturated heterocycles. The fourth-order valence-corrected chi connectivity index (χ4v) is 2.34. The smallest absolute Gasteiger partial charge is 0.168 e. The summed E-state index contributed by atoms with van der Waals surface area (Å²) in [4.78, 5) is 4.59. The number of methoxy groups -OCH3 is 1. The van der Waals surface area contributed by atoms with E-state index in [0.717, 1.165) is 24.7 Å². The van der Waals surface area contributed by atoms with Crippen LogP contribution in [-0.4, -0.2) is 68.4 Å². The summed E-state index contributed by atoms with van der Waals surface area (Å²) in [6.07, 6.45) is 3.40. The van der Waals surface area contributed by atoms with Gasteiger partial charge in [-0.05, 0) is 51.6 Å². The van der Waals surface area contributed by atoms with Crippen molar-refractivity contribution in [1.29, 1.82) is 0 Å². The van der Waals surface area contributed by atoms with Crippen LogP contribution in [-0.2, 0) is 4.74 Å². The molecule has 100 valence electrons. The Kier molecular flexibility index (Phi) is 6.77. The summed E-state index contributed by atoms with van der Waals surface area (Å²) in [5, 5.41) is 4.16. The first kappa shape index (κ1) is 14.7. The van der Waals surface area contributed by atoms with Crippen LogP contribution >= 0.6 is 12.2 Å². The molecule has 0 aromatic heterocycles. The Morgan fingerprint density at radius 1 is 1.47 bits per heavy atom. The van der Waals surface area contributed by atoms with Crippen molar-refractivity contribution >= 4 is 17.3 Å². The zero-order valence-electron chi connectivity index (χ0n) is 11.2. The maximum atomic E-state index is 5.40. The van der Waals surface area contributed by atoms with E-state index in [1.54, 1.807) is 7.11 Å². The van der Waals surface area contributed by atoms with E-state index < -0.39 is 0 Å². The molecule has 0 spiro atoms. The number of nitrogens with zero attached hydrogens (tertiary/aromatic N) is 2. The number of likely N-dealkylation sites (tertiary alicyclic amines) is 1. The summed E-state index contributed by atoms with van der Waals surface area (Å²) < 4.78 is 5.01. The van der Waals surface area contributed by atoms with Crippen LogP contribution in [0.15, 0.2) is 0 Å². The second kappa shape index (κ2) is 7.84. The monoisotopic (exact) mass is 259 g/mol. The van der Waals surface area contributed by atoms with Gasteiger partial charge in [0.15, 0.2) is 5.11 Å². The van der Waals surface area contributed by atoms with Gasteiger partial charge in [-0.2, -0.15) is 0 Å². The van der Waals surface area contributed by atoms with Crippen LogP contribution in [0.1, 0.15) is 19.3 Å². The number of nitrogens with one attached hydrogen (secondary N) is 1. The van der Waals surface area contributed by atoms with Gasteiger partial charge in [-0.3, -0.25) is 0 Å². The molecule has 0 aliphatic carbocycles. The first-order chi connectivity index (χ1) is 8.15. The summed E-state index contributed by atoms with van der Waals surface area (Å²) in [6, 6.07) is 0.591. The minimum atomic E-state index is 0.591. The lowest BCUT2D eigenvalue weighted by molar-refractivity contribution is 0.188. The zero-order valence-corrected chi connectivity index (χ0v) is 12.1. The predicted octanol–water partition coefficient (Wildman–Crippen LogP) is 0.923. The van der Waals surface area contributed by atoms with Gasteiger partial charge in [-0.15, -0.1) is 0 Å². The lowest BCUT2D eigenvalue weighted by atomic mass is 10.0. The van der Waals surface area contributed by atoms with Crippen molar-refractivity contribution in [3.8, 4) is 0 Å². The van der Waals surface area contributed by atoms with Gasteiger partial charge >= 0.3 is 0 Å². The highest BCUT2D eigenvalue weighted by atomic mass is 32.1. The SMILES string of the molecule is COCCCNC(=S)N(C)C1CCN(C)CC1. The van der Waals surface area contributed by atoms with Gasteiger partial charge in [-0.1, -0.05) is 0 Å². The van der Waals surface area contributed by atoms with Crippen LogP contribution < -0.4 is 5.32 Å². The first-order valence-electron chi connectivity index (χ1n) is 6.33. The van der Waals surface area contributed by atoms with Crippen LogP contribution in [0.5, 0.6) is 0 Å². The maximum absolute atomic E-state index is 5.40. The molecule has 0 aromatic rings. The highest BCUT2D eigenvalue weighted by molar-refractivity contribution is 7.80. The van der Waals surface area contributed by atoms with E-state index in [9.17, 15) is 0 Å². The van der Waals surface area contributed by atoms with Crippen molar-refractivity contribution in [2.75, 3.05) is 47.4 Å². The fraction of sp³-hybridized carbons (Fsp3) is 0.917. The lowest BCUT2D eigenvalue weighted by Gasteiger charge is -2.36. The Morgan fingerprint density at radius 3 is 2.71 bits per heavy atom. The van der Waals surface area contributed by atoms with Crippen molar-refractivity contribution < 1.29 is 4.74 Å². The molecule has 0 atom stereocenters. The number of hydrogen-bond acceptors (Lipinski definition) is 3. The molecule has 5 heteroatoms. The molecule has 0 bridgehead atoms. The summed E-state index contributed by atoms with van der Waals surface area (Å²) in [7, 11) is 6.00. The van der Waals surface area contributed by atoms with E-state index in [-0.39, 0.29) is 0 Å². The molecule has 1 N–H and O–H groups in total. The minimum Gasteiger partial charge on any atom is -0.385 e. The van der Waals surface area contributed by atoms with Crippen molar-refractivity contribution in [2.24, 2.45) is 0 Å². The molecule has 0 aromatic carbocycles. The Bertz CT molecular complexity index is 230. The molecule has 0 saturated carbocycles. The van der Waals surface area contributed by atoms with Crippen molar-refractivity contribution in [3.63, 3.8) is 0 Å². The van der Waals surface area contributed by atoms with Crippen molar-refractivity contribution in [3.05, 3.63) is 0 Å². The Hall–Kier alpha value is -0.390. The van der Waals surface area contributed by atoms with E-state index in [2.05, 4.69) is 29.2 Å². The molecule has 1 rings (SSSR count). The number of thiocarbonyl (C=S) groups is 1. The van der Waals surface area contributed by atoms with Gasteiger partial charge in [0, 0.05) is 33.4 Å². The molecule has 1 aliphatic rings. The molecule has 1 heterocycles. The van der Waals surface area contributed by atoms with E-state index in [1.807, 2.05) is 0 Å². The number of rotatable bonds is 5. The van der Waals surface area contributed by atoms with Crippen molar-refractivity contribution in [2.45, 2.75) is 25.3 Å². The van der Waals surface area contributed by atoms with Gasteiger partial charge in [0.25, 0.3) is 0 Å². The van der Waals surface area contributed by atoms with E-state index in [4.69, 9.17) is 17.0 Å². The standard InChI is InChI=1S/C12H25N3OS/c1-14-8-5-11(6-9-14)15(2)12(17)13-7-4-10-16-3/h11H,4-10H2,1-3H3,(H,13,17). The summed E-state index contributed by atoms with van der Waals surface area (Å²) in [6.45, 7) is 4.01. The maximum Gasteiger partial charge on any atom is 0.168 e. The predicted molar refractivity (Wildman–Crippen MR) is 75.4 cm³/mol. The average molecular weight is 259 g/mol. The molecule has 1 aliphatic heterocycles. The topological polar surface area (TPSA) is 27.7 Å². The quantitative estimate of drug-likeness (QED) is 0.585. The average Bonchev–Trinajstić information content (AvgIpc) is 2.34. The Balaban J connectivity index is 2.21. The van der Waals surface area contributed by atoms with E-state index in [0.29, 0.717) is 6.04 Å². The van der Waals surface area contributed by atoms with Gasteiger partial charge in [0.05, 0.1) is 0 Å². The van der Waals surface area contributed by atoms with E-state index >= 15 is 0 Å². The fourth-order valence-electron chi connectivity index (χ4n) is 2.08. The first-order valence-corrected chi connectivity index (χ1v) is 6.74. The molecule has 4 nitrogen and oxygen atoms in total. The third kappa shape index (κ3) is 5.19. The molecular weight excluding hydrogens is 234 g/mol. The van der Waals surface area contributed by atoms with Crippen LogP contribution in [0, 0.1) is 0 Å². The highest BCUT2D eigenvalue weighted by Crippen LogP contribution is 2.13. The molecule has 0 unspecified atom stereocenters. The van der Waals surface area contributed by atoms with Gasteiger partial charge in [0.1, 0.15) is 0 Å². The lowest BCUT2D eigenvalue weighted by Crippen LogP contribution is -2.48. The number of piperidine rings is 1. The zero-order chi connectivity index (χ0) is 12.7. The van der Waals surface area contributed by atoms with Crippen molar-refractivity contribution in [1.82, 2.24) is 15.1 Å². The number of ether oxygens (including phenoxy) is 1. The van der Waals surface area contributed by atoms with E-state index in [1.165, 1.54) is 25.9 Å². The highest BCUT2D eigenvalue weighted by Gasteiger charge is 2.21. The molecule has 1 fully saturated rings. The summed E-state index contributed by atoms with van der Waals surface area (Å²) in [5.74, 6) is 0. The second-order valence-corrected chi connectivity index (χ2v) is 5.11. The molecule has 17 heavy (non-hydrogen) atoms. The second-order valence-electron chi connectivity index (χ2n) is 4.72. The number of hydrogen-bond donors (Lipinski definition) is 1. The molecule has 0 radical (unpaired) electrons. The van der Waals surface area contributed by atoms with Gasteiger partial charge in [0.2, 0.25) is 0 Å². The van der Waals surface area contributed by atoms with Gasteiger partial charge < -0.3 is 19.9 Å². The van der Waals surface area contributed by atoms with Gasteiger partial charge in [-0.25, -0.2) is 0 Å². The third-order valence-electron chi connectivity index (χ3n) is 3.36. The Morgan fingerprint density at radius 2 is 2.12 bits per heavy atom. The Labute approximate surface area is 110 Å². The third-order valence-corrected chi connectivity index (χ3v) is 3.79. The van der Waals surface area contributed by atoms with Crippen LogP contribution in [0.4, 0.5) is 0 Å².